The minimum Gasteiger partial charge on any atom is -0.265 e. The van der Waals surface area contributed by atoms with Crippen LogP contribution in [0.15, 0.2) is 41.3 Å². The molecule has 0 spiro atoms. The molecule has 0 amide bonds. The first-order valence-corrected chi connectivity index (χ1v) is 8.75. The molecule has 23 heavy (non-hydrogen) atoms. The molecule has 2 aromatic carbocycles. The van der Waals surface area contributed by atoms with Crippen LogP contribution in [0.25, 0.3) is 0 Å². The minimum atomic E-state index is -3.90. The van der Waals surface area contributed by atoms with E-state index >= 15 is 0 Å². The molecule has 6 nitrogen and oxygen atoms in total. The highest BCUT2D eigenvalue weighted by Crippen LogP contribution is 2.36. The van der Waals surface area contributed by atoms with Crippen molar-refractivity contribution < 1.29 is 13.3 Å². The van der Waals surface area contributed by atoms with Gasteiger partial charge in [-0.05, 0) is 30.2 Å². The van der Waals surface area contributed by atoms with Crippen LogP contribution in [0, 0.1) is 10.1 Å². The Morgan fingerprint density at radius 2 is 1.74 bits per heavy atom. The lowest BCUT2D eigenvalue weighted by Gasteiger charge is -2.19. The van der Waals surface area contributed by atoms with Crippen molar-refractivity contribution in [3.8, 4) is 0 Å². The van der Waals surface area contributed by atoms with Crippen LogP contribution in [0.2, 0.25) is 10.0 Å². The Hall–Kier alpha value is -1.83. The number of nitro groups is 1. The van der Waals surface area contributed by atoms with Crippen molar-refractivity contribution in [3.05, 3.63) is 62.1 Å². The lowest BCUT2D eigenvalue weighted by Crippen LogP contribution is -2.29. The highest BCUT2D eigenvalue weighted by atomic mass is 35.5. The summed E-state index contributed by atoms with van der Waals surface area (Å²) in [5.41, 5.74) is 0.901. The van der Waals surface area contributed by atoms with Gasteiger partial charge in [0.1, 0.15) is 0 Å². The lowest BCUT2D eigenvalue weighted by molar-refractivity contribution is -0.384. The van der Waals surface area contributed by atoms with Gasteiger partial charge in [-0.25, -0.2) is 8.42 Å². The summed E-state index contributed by atoms with van der Waals surface area (Å²) < 4.78 is 26.8. The average molecular weight is 373 g/mol. The van der Waals surface area contributed by atoms with E-state index in [9.17, 15) is 18.5 Å². The maximum Gasteiger partial charge on any atom is 0.271 e. The van der Waals surface area contributed by atoms with Crippen molar-refractivity contribution in [2.24, 2.45) is 0 Å². The third kappa shape index (κ3) is 2.87. The number of non-ortho nitro benzene ring substituents is 1. The minimum absolute atomic E-state index is 0.0469. The van der Waals surface area contributed by atoms with Crippen LogP contribution in [0.3, 0.4) is 0 Å². The van der Waals surface area contributed by atoms with Crippen LogP contribution < -0.4 is 4.31 Å². The molecule has 0 fully saturated rings. The summed E-state index contributed by atoms with van der Waals surface area (Å²) in [4.78, 5) is 10.3. The summed E-state index contributed by atoms with van der Waals surface area (Å²) in [7, 11) is -3.90. The molecule has 120 valence electrons. The number of rotatable bonds is 3. The first kappa shape index (κ1) is 16.0. The van der Waals surface area contributed by atoms with Gasteiger partial charge in [-0.3, -0.25) is 14.4 Å². The SMILES string of the molecule is O=[N+]([O-])c1ccc2c(c1)N(S(=O)(=O)c1cc(Cl)cc(Cl)c1)CC2. The van der Waals surface area contributed by atoms with Crippen LogP contribution in [0.1, 0.15) is 5.56 Å². The van der Waals surface area contributed by atoms with E-state index in [1.54, 1.807) is 6.07 Å². The Labute approximate surface area is 142 Å². The van der Waals surface area contributed by atoms with Gasteiger partial charge >= 0.3 is 0 Å². The van der Waals surface area contributed by atoms with Gasteiger partial charge in [-0.1, -0.05) is 29.3 Å². The van der Waals surface area contributed by atoms with Crippen molar-refractivity contribution in [2.75, 3.05) is 10.8 Å². The quantitative estimate of drug-likeness (QED) is 0.608. The molecule has 1 aliphatic rings. The van der Waals surface area contributed by atoms with E-state index in [1.807, 2.05) is 0 Å². The van der Waals surface area contributed by atoms with Crippen molar-refractivity contribution in [3.63, 3.8) is 0 Å². The van der Waals surface area contributed by atoms with E-state index < -0.39 is 14.9 Å². The fourth-order valence-electron chi connectivity index (χ4n) is 2.51. The second kappa shape index (κ2) is 5.67. The standard InChI is InChI=1S/C14H10Cl2N2O4S/c15-10-5-11(16)7-13(6-10)23(21,22)17-4-3-9-1-2-12(18(19)20)8-14(9)17/h1-2,5-8H,3-4H2. The van der Waals surface area contributed by atoms with Gasteiger partial charge in [-0.2, -0.15) is 0 Å². The summed E-state index contributed by atoms with van der Waals surface area (Å²) in [6, 6.07) is 8.26. The molecule has 0 N–H and O–H groups in total. The molecule has 0 bridgehead atoms. The van der Waals surface area contributed by atoms with E-state index in [1.165, 1.54) is 30.3 Å². The van der Waals surface area contributed by atoms with Crippen LogP contribution in [0.4, 0.5) is 11.4 Å². The number of anilines is 1. The van der Waals surface area contributed by atoms with Crippen molar-refractivity contribution in [1.29, 1.82) is 0 Å². The maximum absolute atomic E-state index is 12.8. The lowest BCUT2D eigenvalue weighted by atomic mass is 10.1. The average Bonchev–Trinajstić information content (AvgIpc) is 2.89. The van der Waals surface area contributed by atoms with Gasteiger partial charge in [0.05, 0.1) is 15.5 Å². The predicted octanol–water partition coefficient (Wildman–Crippen LogP) is 3.65. The van der Waals surface area contributed by atoms with E-state index in [0.29, 0.717) is 12.1 Å². The van der Waals surface area contributed by atoms with Crippen molar-refractivity contribution in [2.45, 2.75) is 11.3 Å². The fraction of sp³-hybridized carbons (Fsp3) is 0.143. The molecule has 0 atom stereocenters. The molecule has 3 rings (SSSR count). The van der Waals surface area contributed by atoms with Gasteiger partial charge < -0.3 is 0 Å². The summed E-state index contributed by atoms with van der Waals surface area (Å²) >= 11 is 11.7. The molecule has 0 saturated carbocycles. The summed E-state index contributed by atoms with van der Waals surface area (Å²) in [6.07, 6.45) is 0.487. The topological polar surface area (TPSA) is 80.5 Å². The van der Waals surface area contributed by atoms with E-state index in [-0.39, 0.29) is 27.2 Å². The predicted molar refractivity (Wildman–Crippen MR) is 87.8 cm³/mol. The number of benzene rings is 2. The molecule has 0 aromatic heterocycles. The Kier molecular flexibility index (Phi) is 3.95. The Morgan fingerprint density at radius 1 is 1.09 bits per heavy atom. The molecule has 9 heteroatoms. The molecule has 2 aromatic rings. The zero-order chi connectivity index (χ0) is 16.8. The van der Waals surface area contributed by atoms with Crippen LogP contribution in [0.5, 0.6) is 0 Å². The van der Waals surface area contributed by atoms with Gasteiger partial charge in [0, 0.05) is 28.7 Å². The molecule has 0 saturated heterocycles. The first-order chi connectivity index (χ1) is 10.8. The fourth-order valence-corrected chi connectivity index (χ4v) is 4.73. The Bertz CT molecular complexity index is 895. The van der Waals surface area contributed by atoms with Gasteiger partial charge in [0.2, 0.25) is 0 Å². The number of hydrogen-bond donors (Lipinski definition) is 0. The normalized spacial score (nSPS) is 13.9. The maximum atomic E-state index is 12.8. The monoisotopic (exact) mass is 372 g/mol. The van der Waals surface area contributed by atoms with E-state index in [4.69, 9.17) is 23.2 Å². The van der Waals surface area contributed by atoms with Crippen molar-refractivity contribution >= 4 is 44.6 Å². The number of sulfonamides is 1. The van der Waals surface area contributed by atoms with E-state index in [2.05, 4.69) is 0 Å². The molecular formula is C14H10Cl2N2O4S. The molecule has 1 heterocycles. The zero-order valence-electron chi connectivity index (χ0n) is 11.6. The first-order valence-electron chi connectivity index (χ1n) is 6.55. The second-order valence-electron chi connectivity index (χ2n) is 5.00. The third-order valence-corrected chi connectivity index (χ3v) is 5.78. The number of fused-ring (bicyclic) bond motifs is 1. The number of halogens is 2. The molecule has 0 radical (unpaired) electrons. The highest BCUT2D eigenvalue weighted by molar-refractivity contribution is 7.92. The Balaban J connectivity index is 2.10. The number of nitro benzene ring substituents is 1. The largest absolute Gasteiger partial charge is 0.271 e. The number of hydrogen-bond acceptors (Lipinski definition) is 4. The molecule has 0 aliphatic carbocycles. The van der Waals surface area contributed by atoms with Crippen LogP contribution in [-0.4, -0.2) is 19.9 Å². The van der Waals surface area contributed by atoms with Crippen LogP contribution in [-0.2, 0) is 16.4 Å². The van der Waals surface area contributed by atoms with Gasteiger partial charge in [0.25, 0.3) is 15.7 Å². The van der Waals surface area contributed by atoms with Crippen LogP contribution >= 0.6 is 23.2 Å². The Morgan fingerprint density at radius 3 is 2.35 bits per heavy atom. The van der Waals surface area contributed by atoms with Gasteiger partial charge in [0.15, 0.2) is 0 Å². The second-order valence-corrected chi connectivity index (χ2v) is 7.74. The molecular weight excluding hydrogens is 363 g/mol. The summed E-state index contributed by atoms with van der Waals surface area (Å²) in [5, 5.41) is 11.3. The number of nitrogens with zero attached hydrogens (tertiary/aromatic N) is 2. The smallest absolute Gasteiger partial charge is 0.265 e. The van der Waals surface area contributed by atoms with Gasteiger partial charge in [-0.15, -0.1) is 0 Å². The van der Waals surface area contributed by atoms with Crippen molar-refractivity contribution in [1.82, 2.24) is 0 Å². The molecule has 0 unspecified atom stereocenters. The van der Waals surface area contributed by atoms with E-state index in [0.717, 1.165) is 9.87 Å². The zero-order valence-corrected chi connectivity index (χ0v) is 13.9. The third-order valence-electron chi connectivity index (χ3n) is 3.56. The summed E-state index contributed by atoms with van der Waals surface area (Å²) in [5.74, 6) is 0. The highest BCUT2D eigenvalue weighted by Gasteiger charge is 2.32. The summed E-state index contributed by atoms with van der Waals surface area (Å²) in [6.45, 7) is 0.211. The molecule has 1 aliphatic heterocycles.